The third-order valence-corrected chi connectivity index (χ3v) is 7.16. The van der Waals surface area contributed by atoms with Crippen LogP contribution in [0.25, 0.3) is 0 Å². The number of aryl methyl sites for hydroxylation is 1. The Morgan fingerprint density at radius 3 is 2.48 bits per heavy atom. The molecule has 0 unspecified atom stereocenters. The molecule has 10 heteroatoms. The van der Waals surface area contributed by atoms with Crippen LogP contribution in [0.1, 0.15) is 40.9 Å². The Balaban J connectivity index is 1.75. The van der Waals surface area contributed by atoms with Crippen molar-refractivity contribution in [3.8, 4) is 0 Å². The molecule has 0 saturated carbocycles. The highest BCUT2D eigenvalue weighted by atomic mass is 35.5. The Bertz CT molecular complexity index is 1110. The number of rotatable bonds is 7. The molecule has 1 amide bonds. The van der Waals surface area contributed by atoms with Gasteiger partial charge in [0.2, 0.25) is 9.47 Å². The summed E-state index contributed by atoms with van der Waals surface area (Å²) in [7, 11) is -3.90. The molecule has 0 aliphatic rings. The zero-order valence-corrected chi connectivity index (χ0v) is 18.1. The molecule has 0 aliphatic heterocycles. The number of anilines is 1. The predicted octanol–water partition coefficient (Wildman–Crippen LogP) is 4.18. The van der Waals surface area contributed by atoms with Crippen LogP contribution < -0.4 is 10.0 Å². The number of carbonyl (C=O) groups is 1. The molecule has 2 aromatic carbocycles. The van der Waals surface area contributed by atoms with Crippen molar-refractivity contribution < 1.29 is 13.2 Å². The van der Waals surface area contributed by atoms with E-state index in [-0.39, 0.29) is 9.47 Å². The minimum Gasteiger partial charge on any atom is -0.296 e. The quantitative estimate of drug-likeness (QED) is 0.526. The van der Waals surface area contributed by atoms with Gasteiger partial charge in [0.05, 0.1) is 0 Å². The molecule has 2 N–H and O–H groups in total. The monoisotopic (exact) mass is 450 g/mol. The van der Waals surface area contributed by atoms with E-state index < -0.39 is 22.0 Å². The van der Waals surface area contributed by atoms with Crippen molar-refractivity contribution in [1.29, 1.82) is 0 Å². The Labute approximate surface area is 178 Å². The smallest absolute Gasteiger partial charge is 0.270 e. The van der Waals surface area contributed by atoms with Crippen LogP contribution in [0.15, 0.2) is 52.9 Å². The van der Waals surface area contributed by atoms with E-state index in [1.807, 2.05) is 38.1 Å². The molecular formula is C19H19ClN4O3S2. The number of nitrogens with one attached hydrogen (secondary N) is 2. The maximum absolute atomic E-state index is 12.8. The van der Waals surface area contributed by atoms with E-state index in [1.165, 1.54) is 0 Å². The third-order valence-electron chi connectivity index (χ3n) is 4.23. The van der Waals surface area contributed by atoms with E-state index in [9.17, 15) is 13.2 Å². The van der Waals surface area contributed by atoms with Crippen molar-refractivity contribution in [3.05, 3.63) is 70.2 Å². The summed E-state index contributed by atoms with van der Waals surface area (Å²) < 4.78 is 28.0. The van der Waals surface area contributed by atoms with Crippen molar-refractivity contribution in [2.45, 2.75) is 30.6 Å². The first kappa shape index (κ1) is 21.4. The first-order valence-corrected chi connectivity index (χ1v) is 11.5. The molecular weight excluding hydrogens is 432 g/mol. The first-order valence-electron chi connectivity index (χ1n) is 8.78. The molecule has 29 heavy (non-hydrogen) atoms. The molecule has 0 radical (unpaired) electrons. The summed E-state index contributed by atoms with van der Waals surface area (Å²) in [6.07, 6.45) is 0.572. The lowest BCUT2D eigenvalue weighted by atomic mass is 10.0. The summed E-state index contributed by atoms with van der Waals surface area (Å²) in [4.78, 5) is 12.3. The van der Waals surface area contributed by atoms with Crippen LogP contribution in [-0.2, 0) is 10.0 Å². The van der Waals surface area contributed by atoms with Gasteiger partial charge in [-0.15, -0.1) is 10.2 Å². The molecule has 1 aromatic heterocycles. The van der Waals surface area contributed by atoms with Gasteiger partial charge < -0.3 is 0 Å². The topological polar surface area (TPSA) is 101 Å². The lowest BCUT2D eigenvalue weighted by Crippen LogP contribution is -2.28. The first-order chi connectivity index (χ1) is 13.8. The SMILES string of the molecule is CC[C@H](NS(=O)(=O)c1nnc(NC(=O)c2ccc(Cl)cc2)s1)c1ccccc1C. The zero-order chi connectivity index (χ0) is 21.0. The average Bonchev–Trinajstić information content (AvgIpc) is 3.17. The van der Waals surface area contributed by atoms with Gasteiger partial charge in [-0.1, -0.05) is 54.1 Å². The Morgan fingerprint density at radius 2 is 1.83 bits per heavy atom. The van der Waals surface area contributed by atoms with Gasteiger partial charge in [-0.3, -0.25) is 10.1 Å². The lowest BCUT2D eigenvalue weighted by Gasteiger charge is -2.18. The van der Waals surface area contributed by atoms with Crippen molar-refractivity contribution in [2.75, 3.05) is 5.32 Å². The molecule has 1 atom stereocenters. The highest BCUT2D eigenvalue weighted by Crippen LogP contribution is 2.26. The van der Waals surface area contributed by atoms with Crippen LogP contribution >= 0.6 is 22.9 Å². The van der Waals surface area contributed by atoms with Gasteiger partial charge in [-0.05, 0) is 48.7 Å². The van der Waals surface area contributed by atoms with Gasteiger partial charge in [0, 0.05) is 16.6 Å². The molecule has 0 bridgehead atoms. The van der Waals surface area contributed by atoms with E-state index in [4.69, 9.17) is 11.6 Å². The van der Waals surface area contributed by atoms with Crippen LogP contribution in [0.2, 0.25) is 5.02 Å². The fourth-order valence-electron chi connectivity index (χ4n) is 2.72. The second kappa shape index (κ2) is 9.00. The fraction of sp³-hybridized carbons (Fsp3) is 0.211. The maximum atomic E-state index is 12.8. The predicted molar refractivity (Wildman–Crippen MR) is 114 cm³/mol. The number of halogens is 1. The number of aromatic nitrogens is 2. The summed E-state index contributed by atoms with van der Waals surface area (Å²) in [5.74, 6) is -0.430. The van der Waals surface area contributed by atoms with E-state index in [1.54, 1.807) is 24.3 Å². The number of hydrogen-bond donors (Lipinski definition) is 2. The van der Waals surface area contributed by atoms with Crippen LogP contribution in [-0.4, -0.2) is 24.5 Å². The van der Waals surface area contributed by atoms with E-state index >= 15 is 0 Å². The fourth-order valence-corrected chi connectivity index (χ4v) is 5.06. The van der Waals surface area contributed by atoms with Crippen LogP contribution in [0.4, 0.5) is 5.13 Å². The zero-order valence-electron chi connectivity index (χ0n) is 15.7. The normalized spacial score (nSPS) is 12.5. The standard InChI is InChI=1S/C19H19ClN4O3S2/c1-3-16(15-7-5-4-6-12(15)2)24-29(26,27)19-23-22-18(28-19)21-17(25)13-8-10-14(20)11-9-13/h4-11,16,24H,3H2,1-2H3,(H,21,22,25)/t16-/m0/s1. The summed E-state index contributed by atoms with van der Waals surface area (Å²) >= 11 is 6.60. The second-order valence-corrected chi connectivity index (χ2v) is 9.57. The van der Waals surface area contributed by atoms with Gasteiger partial charge in [0.15, 0.2) is 0 Å². The summed E-state index contributed by atoms with van der Waals surface area (Å²) in [5.41, 5.74) is 2.27. The summed E-state index contributed by atoms with van der Waals surface area (Å²) in [6.45, 7) is 3.83. The average molecular weight is 451 g/mol. The third kappa shape index (κ3) is 5.18. The van der Waals surface area contributed by atoms with Crippen LogP contribution in [0.3, 0.4) is 0 Å². The van der Waals surface area contributed by atoms with Crippen molar-refractivity contribution in [1.82, 2.24) is 14.9 Å². The van der Waals surface area contributed by atoms with Crippen molar-refractivity contribution >= 4 is 44.0 Å². The molecule has 0 spiro atoms. The number of benzene rings is 2. The van der Waals surface area contributed by atoms with Gasteiger partial charge in [0.25, 0.3) is 15.9 Å². The Kier molecular flexibility index (Phi) is 6.63. The van der Waals surface area contributed by atoms with Crippen molar-refractivity contribution in [3.63, 3.8) is 0 Å². The van der Waals surface area contributed by atoms with Gasteiger partial charge in [0.1, 0.15) is 0 Å². The van der Waals surface area contributed by atoms with Crippen LogP contribution in [0.5, 0.6) is 0 Å². The van der Waals surface area contributed by atoms with Gasteiger partial charge in [-0.2, -0.15) is 0 Å². The van der Waals surface area contributed by atoms with E-state index in [0.29, 0.717) is 17.0 Å². The van der Waals surface area contributed by atoms with Gasteiger partial charge in [-0.25, -0.2) is 13.1 Å². The van der Waals surface area contributed by atoms with E-state index in [2.05, 4.69) is 20.2 Å². The number of amides is 1. The van der Waals surface area contributed by atoms with Crippen LogP contribution in [0, 0.1) is 6.92 Å². The molecule has 0 saturated heterocycles. The summed E-state index contributed by atoms with van der Waals surface area (Å²) in [5, 5.41) is 10.7. The molecule has 0 aliphatic carbocycles. The molecule has 0 fully saturated rings. The molecule has 152 valence electrons. The highest BCUT2D eigenvalue weighted by Gasteiger charge is 2.25. The number of nitrogens with zero attached hydrogens (tertiary/aromatic N) is 2. The molecule has 7 nitrogen and oxygen atoms in total. The lowest BCUT2D eigenvalue weighted by molar-refractivity contribution is 0.102. The minimum atomic E-state index is -3.90. The second-order valence-electron chi connectivity index (χ2n) is 6.27. The molecule has 3 rings (SSSR count). The Morgan fingerprint density at radius 1 is 1.14 bits per heavy atom. The highest BCUT2D eigenvalue weighted by molar-refractivity contribution is 7.91. The molecule has 3 aromatic rings. The Hall–Kier alpha value is -2.33. The van der Waals surface area contributed by atoms with Gasteiger partial charge >= 0.3 is 0 Å². The number of carbonyl (C=O) groups excluding carboxylic acids is 1. The number of hydrogen-bond acceptors (Lipinski definition) is 6. The van der Waals surface area contributed by atoms with E-state index in [0.717, 1.165) is 22.5 Å². The molecule has 1 heterocycles. The summed E-state index contributed by atoms with van der Waals surface area (Å²) in [6, 6.07) is 13.5. The van der Waals surface area contributed by atoms with Crippen molar-refractivity contribution in [2.24, 2.45) is 0 Å². The number of sulfonamides is 1. The largest absolute Gasteiger partial charge is 0.296 e. The minimum absolute atomic E-state index is 0.0919. The maximum Gasteiger partial charge on any atom is 0.270 e.